The summed E-state index contributed by atoms with van der Waals surface area (Å²) >= 11 is 66.7. The molecule has 0 N–H and O–H groups in total. The Hall–Kier alpha value is 5.74. The standard InChI is InChI=1S/C13H36OSi4.4C7H16Cl2OSi.2C6H12O.C5H9Br.C3H9ClSi.CH4Cl2Si.CH3O.6CH4.Na/c1-14-12-10-9-11-13-18(8,17(5,6)7)15-16(2,3)4;4*1-10-6-4-3-5-7-11(2,8)9;2*1-3-4-5-6-7-2;1-2-3-4-5-6;1-5(2,3)4;1-4(2)3;1-2;;;;;;;/h9-13,15H2,1-8H3;4*3-7H2,1-2H3;2*3H,1,4-6H2,2H3;2H,1,3-5H2;1-3H3;4H,1H3;1H3;6*1H4;/q;;;;;;;;;;-1;;;;;;;+1. The molecule has 0 amide bonds. The third-order valence-electron chi connectivity index (χ3n) is 12.2. The largest absolute Gasteiger partial charge is 1.00 e. The van der Waals surface area contributed by atoms with Crippen molar-refractivity contribution in [1.29, 1.82) is 0 Å². The van der Waals surface area contributed by atoms with Crippen LogP contribution in [0.3, 0.4) is 0 Å². The Balaban J connectivity index is -0.0000000473. The molecule has 622 valence electrons. The minimum absolute atomic E-state index is 0. The molecule has 0 spiro atoms. The van der Waals surface area contributed by atoms with Crippen LogP contribution in [0, 0.1) is 0 Å². The van der Waals surface area contributed by atoms with Crippen LogP contribution in [0.4, 0.5) is 0 Å². The number of alkyl halides is 1. The molecule has 0 aromatic carbocycles. The molecule has 1 unspecified atom stereocenters. The zero-order valence-electron chi connectivity index (χ0n) is 65.0. The van der Waals surface area contributed by atoms with Crippen molar-refractivity contribution in [2.45, 2.75) is 308 Å². The second-order valence-corrected chi connectivity index (χ2v) is 112. The maximum Gasteiger partial charge on any atom is 1.00 e. The van der Waals surface area contributed by atoms with Gasteiger partial charge in [-0.1, -0.05) is 214 Å². The van der Waals surface area contributed by atoms with Crippen LogP contribution in [0.25, 0.3) is 0 Å². The number of allylic oxidation sites excluding steroid dienone is 3. The molecule has 8 nitrogen and oxygen atoms in total. The van der Waals surface area contributed by atoms with E-state index in [9.17, 15) is 0 Å². The van der Waals surface area contributed by atoms with Crippen LogP contribution in [0.5, 0.6) is 0 Å². The maximum absolute atomic E-state index is 8.25. The number of rotatable bonds is 44. The Kier molecular flexibility index (Phi) is 164. The summed E-state index contributed by atoms with van der Waals surface area (Å²) in [7, 11) is 8.29. The Labute approximate surface area is 724 Å². The van der Waals surface area contributed by atoms with E-state index in [1.54, 1.807) is 48.7 Å². The minimum atomic E-state index is -1.81. The molecular weight excluding hydrogens is 1730 g/mol. The molecule has 0 aliphatic heterocycles. The molecule has 0 aromatic heterocycles. The third kappa shape index (κ3) is 213. The normalized spacial score (nSPS) is 11.1. The summed E-state index contributed by atoms with van der Waals surface area (Å²) < 4.78 is 34.4. The van der Waals surface area contributed by atoms with Gasteiger partial charge >= 0.3 is 29.6 Å². The van der Waals surface area contributed by atoms with Crippen LogP contribution in [0.2, 0.25) is 128 Å². The SMILES string of the molecule is C.C.C.C.C.C.C=CCCCBr.C=CCCCOC.C=CCCCOC.COCCCCC[Si](C)(Cl)Cl.COCCCCC[Si](C)(Cl)Cl.COCCCCC[Si](C)(Cl)Cl.COCCCCC[Si](C)(Cl)Cl.COCCCCC[Si](C)([SiH2][Si](C)(C)C)[Si](C)(C)C.C[O-].C[SiH](Cl)Cl.C[Si](C)(C)Cl.[Na+]. The van der Waals surface area contributed by atoms with E-state index in [2.05, 4.69) is 101 Å². The molecule has 0 aromatic rings. The number of unbranched alkanes of at least 4 members (excludes halogenated alkanes) is 13. The second kappa shape index (κ2) is 109. The van der Waals surface area contributed by atoms with Crippen molar-refractivity contribution in [3.8, 4) is 0 Å². The molecular formula is C69H173BrCl11NaO8Si10. The first-order valence-corrected chi connectivity index (χ1v) is 78.0. The first-order chi connectivity index (χ1) is 42.7. The van der Waals surface area contributed by atoms with Gasteiger partial charge in [0.15, 0.2) is 0 Å². The molecule has 0 saturated carbocycles. The van der Waals surface area contributed by atoms with Crippen LogP contribution in [0.1, 0.15) is 179 Å². The van der Waals surface area contributed by atoms with E-state index in [0.717, 1.165) is 166 Å². The monoisotopic (exact) mass is 1900 g/mol. The van der Waals surface area contributed by atoms with Crippen LogP contribution >= 0.6 is 138 Å². The van der Waals surface area contributed by atoms with Crippen molar-refractivity contribution in [1.82, 2.24) is 0 Å². The molecule has 31 heteroatoms. The van der Waals surface area contributed by atoms with E-state index in [0.29, 0.717) is 0 Å². The summed E-state index contributed by atoms with van der Waals surface area (Å²) in [5.41, 5.74) is 0. The third-order valence-corrected chi connectivity index (χ3v) is 78.2. The molecule has 0 aliphatic rings. The summed E-state index contributed by atoms with van der Waals surface area (Å²) in [6, 6.07) is 5.63. The molecule has 0 rings (SSSR count). The molecule has 0 aliphatic carbocycles. The van der Waals surface area contributed by atoms with Gasteiger partial charge in [0.2, 0.25) is 34.2 Å². The van der Waals surface area contributed by atoms with Gasteiger partial charge in [-0.2, -0.15) is 40.3 Å². The molecule has 0 heterocycles. The molecule has 0 bridgehead atoms. The van der Waals surface area contributed by atoms with Gasteiger partial charge in [0.25, 0.3) is 0 Å². The summed E-state index contributed by atoms with van der Waals surface area (Å²) in [4.78, 5) is 0. The zero-order chi connectivity index (χ0) is 75.4. The first kappa shape index (κ1) is 151. The number of halogens is 12. The van der Waals surface area contributed by atoms with Crippen molar-refractivity contribution in [2.24, 2.45) is 0 Å². The topological polar surface area (TPSA) is 87.7 Å². The van der Waals surface area contributed by atoms with Gasteiger partial charge in [0.05, 0.1) is 0 Å². The van der Waals surface area contributed by atoms with Crippen molar-refractivity contribution in [2.75, 3.05) is 108 Å². The smallest absolute Gasteiger partial charge is 0.857 e. The van der Waals surface area contributed by atoms with E-state index in [4.69, 9.17) is 160 Å². The van der Waals surface area contributed by atoms with E-state index >= 15 is 0 Å². The van der Waals surface area contributed by atoms with E-state index in [1.807, 2.05) is 58.1 Å². The van der Waals surface area contributed by atoms with Crippen LogP contribution < -0.4 is 34.7 Å². The van der Waals surface area contributed by atoms with Crippen molar-refractivity contribution in [3.63, 3.8) is 0 Å². The van der Waals surface area contributed by atoms with Crippen molar-refractivity contribution >= 4 is 210 Å². The Bertz CT molecular complexity index is 1320. The van der Waals surface area contributed by atoms with E-state index in [1.165, 1.54) is 51.4 Å². The van der Waals surface area contributed by atoms with Gasteiger partial charge in [0.1, 0.15) is 7.38 Å². The van der Waals surface area contributed by atoms with Gasteiger partial charge in [-0.15, -0.1) is 108 Å². The first-order valence-electron chi connectivity index (χ1n) is 33.4. The summed E-state index contributed by atoms with van der Waals surface area (Å²) in [5.74, 6) is 0. The predicted molar refractivity (Wildman–Crippen MR) is 509 cm³/mol. The average molecular weight is 1900 g/mol. The zero-order valence-corrected chi connectivity index (χ0v) is 87.5. The quantitative estimate of drug-likeness (QED) is 0.0196. The average Bonchev–Trinajstić information content (AvgIpc) is 0.816. The number of methoxy groups -OCH3 is 7. The fourth-order valence-electron chi connectivity index (χ4n) is 7.24. The number of hydrogen-bond acceptors (Lipinski definition) is 8. The second-order valence-electron chi connectivity index (χ2n) is 26.4. The van der Waals surface area contributed by atoms with Gasteiger partial charge < -0.3 is 38.3 Å². The molecule has 100 heavy (non-hydrogen) atoms. The van der Waals surface area contributed by atoms with Gasteiger partial charge in [-0.3, -0.25) is 0 Å². The van der Waals surface area contributed by atoms with Crippen LogP contribution in [-0.4, -0.2) is 181 Å². The van der Waals surface area contributed by atoms with Crippen LogP contribution in [-0.2, 0) is 33.2 Å². The predicted octanol–water partition coefficient (Wildman–Crippen LogP) is 25.9. The van der Waals surface area contributed by atoms with Crippen LogP contribution in [0.15, 0.2) is 38.0 Å². The van der Waals surface area contributed by atoms with Crippen molar-refractivity contribution < 1.29 is 67.8 Å². The fraction of sp³-hybridized carbons (Fsp3) is 0.913. The van der Waals surface area contributed by atoms with Gasteiger partial charge in [-0.25, -0.2) is 0 Å². The molecule has 0 saturated heterocycles. The number of ether oxygens (including phenoxy) is 7. The minimum Gasteiger partial charge on any atom is -0.857 e. The van der Waals surface area contributed by atoms with E-state index in [-0.39, 0.29) is 82.7 Å². The maximum atomic E-state index is 8.25. The summed E-state index contributed by atoms with van der Waals surface area (Å²) in [5, 5.41) is 9.35. The summed E-state index contributed by atoms with van der Waals surface area (Å²) in [6.45, 7) is 44.1. The Morgan fingerprint density at radius 3 is 0.650 bits per heavy atom. The van der Waals surface area contributed by atoms with E-state index < -0.39 is 63.9 Å². The fourth-order valence-corrected chi connectivity index (χ4v) is 87.8. The number of hydrogen-bond donors (Lipinski definition) is 0. The van der Waals surface area contributed by atoms with Gasteiger partial charge in [-0.05, 0) is 128 Å². The van der Waals surface area contributed by atoms with Gasteiger partial charge in [0, 0.05) is 132 Å². The Morgan fingerprint density at radius 2 is 0.520 bits per heavy atom. The molecule has 1 atom stereocenters. The summed E-state index contributed by atoms with van der Waals surface area (Å²) in [6.07, 6.45) is 30.3. The molecule has 0 radical (unpaired) electrons. The Morgan fingerprint density at radius 1 is 0.350 bits per heavy atom. The van der Waals surface area contributed by atoms with Crippen molar-refractivity contribution in [3.05, 3.63) is 38.0 Å². The molecule has 0 fully saturated rings.